The van der Waals surface area contributed by atoms with Gasteiger partial charge >= 0.3 is 0 Å². The van der Waals surface area contributed by atoms with Crippen LogP contribution in [0, 0.1) is 0 Å². The SMILES string of the molecule is CC(=O)[C@H]1CN([C@@H]2c3ccccc3CCc3cc(Br)cnc32)CCN1C. The molecule has 2 aromatic rings. The van der Waals surface area contributed by atoms with Crippen molar-refractivity contribution in [3.8, 4) is 0 Å². The summed E-state index contributed by atoms with van der Waals surface area (Å²) in [6.07, 6.45) is 3.93. The van der Waals surface area contributed by atoms with Gasteiger partial charge in [-0.05, 0) is 65.5 Å². The van der Waals surface area contributed by atoms with E-state index >= 15 is 0 Å². The third-order valence-electron chi connectivity index (χ3n) is 5.75. The van der Waals surface area contributed by atoms with Crippen molar-refractivity contribution >= 4 is 21.7 Å². The molecule has 5 heteroatoms. The molecule has 0 amide bonds. The van der Waals surface area contributed by atoms with E-state index in [-0.39, 0.29) is 17.9 Å². The second-order valence-electron chi connectivity index (χ2n) is 7.40. The second-order valence-corrected chi connectivity index (χ2v) is 8.32. The first-order chi connectivity index (χ1) is 12.5. The van der Waals surface area contributed by atoms with E-state index in [1.807, 2.05) is 13.2 Å². The van der Waals surface area contributed by atoms with Crippen molar-refractivity contribution in [1.29, 1.82) is 0 Å². The van der Waals surface area contributed by atoms with Crippen LogP contribution in [0.3, 0.4) is 0 Å². The number of piperazine rings is 1. The van der Waals surface area contributed by atoms with E-state index in [4.69, 9.17) is 4.98 Å². The zero-order chi connectivity index (χ0) is 18.3. The number of Topliss-reactive ketones (excluding diaryl/α,β-unsaturated/α-hetero) is 1. The highest BCUT2D eigenvalue weighted by molar-refractivity contribution is 9.10. The van der Waals surface area contributed by atoms with Crippen molar-refractivity contribution in [2.45, 2.75) is 31.8 Å². The monoisotopic (exact) mass is 413 g/mol. The predicted octanol–water partition coefficient (Wildman–Crippen LogP) is 3.24. The summed E-state index contributed by atoms with van der Waals surface area (Å²) in [4.78, 5) is 21.6. The van der Waals surface area contributed by atoms with Crippen LogP contribution in [0.25, 0.3) is 0 Å². The van der Waals surface area contributed by atoms with Gasteiger partial charge in [0.15, 0.2) is 0 Å². The number of fused-ring (bicyclic) bond motifs is 2. The van der Waals surface area contributed by atoms with Crippen LogP contribution in [-0.2, 0) is 17.6 Å². The second kappa shape index (κ2) is 7.22. The van der Waals surface area contributed by atoms with Crippen LogP contribution < -0.4 is 0 Å². The molecule has 0 radical (unpaired) electrons. The molecule has 26 heavy (non-hydrogen) atoms. The van der Waals surface area contributed by atoms with Crippen LogP contribution in [0.15, 0.2) is 41.0 Å². The lowest BCUT2D eigenvalue weighted by Gasteiger charge is -2.42. The predicted molar refractivity (Wildman–Crippen MR) is 106 cm³/mol. The van der Waals surface area contributed by atoms with E-state index < -0.39 is 0 Å². The first-order valence-electron chi connectivity index (χ1n) is 9.21. The molecular weight excluding hydrogens is 390 g/mol. The number of nitrogens with zero attached hydrogens (tertiary/aromatic N) is 3. The third-order valence-corrected chi connectivity index (χ3v) is 6.19. The third kappa shape index (κ3) is 3.24. The first kappa shape index (κ1) is 17.8. The Morgan fingerprint density at radius 2 is 1.96 bits per heavy atom. The zero-order valence-electron chi connectivity index (χ0n) is 15.3. The summed E-state index contributed by atoms with van der Waals surface area (Å²) in [6, 6.07) is 11.0. The van der Waals surface area contributed by atoms with E-state index in [0.29, 0.717) is 0 Å². The lowest BCUT2D eigenvalue weighted by molar-refractivity contribution is -0.124. The molecule has 0 N–H and O–H groups in total. The number of hydrogen-bond donors (Lipinski definition) is 0. The van der Waals surface area contributed by atoms with Gasteiger partial charge < -0.3 is 0 Å². The van der Waals surface area contributed by atoms with Crippen LogP contribution in [0.2, 0.25) is 0 Å². The minimum absolute atomic E-state index is 0.0435. The molecule has 1 aliphatic heterocycles. The number of carbonyl (C=O) groups excluding carboxylic acids is 1. The number of aromatic nitrogens is 1. The molecule has 1 aliphatic carbocycles. The summed E-state index contributed by atoms with van der Waals surface area (Å²) in [5.74, 6) is 0.239. The topological polar surface area (TPSA) is 36.4 Å². The number of aryl methyl sites for hydroxylation is 2. The number of carbonyl (C=O) groups is 1. The fraction of sp³-hybridized carbons (Fsp3) is 0.429. The maximum absolute atomic E-state index is 12.2. The van der Waals surface area contributed by atoms with E-state index in [2.05, 4.69) is 56.1 Å². The van der Waals surface area contributed by atoms with Crippen molar-refractivity contribution in [2.75, 3.05) is 26.7 Å². The Morgan fingerprint density at radius 1 is 1.19 bits per heavy atom. The first-order valence-corrected chi connectivity index (χ1v) is 10.0. The van der Waals surface area contributed by atoms with E-state index in [1.165, 1.54) is 16.7 Å². The number of benzene rings is 1. The fourth-order valence-electron chi connectivity index (χ4n) is 4.32. The summed E-state index contributed by atoms with van der Waals surface area (Å²) >= 11 is 3.58. The van der Waals surface area contributed by atoms with Gasteiger partial charge in [-0.1, -0.05) is 24.3 Å². The van der Waals surface area contributed by atoms with Crippen LogP contribution in [-0.4, -0.2) is 53.3 Å². The summed E-state index contributed by atoms with van der Waals surface area (Å²) in [6.45, 7) is 4.29. The van der Waals surface area contributed by atoms with Gasteiger partial charge in [-0.25, -0.2) is 0 Å². The Kier molecular flexibility index (Phi) is 4.95. The highest BCUT2D eigenvalue weighted by Gasteiger charge is 2.36. The summed E-state index contributed by atoms with van der Waals surface area (Å²) in [5.41, 5.74) is 5.18. The van der Waals surface area contributed by atoms with E-state index in [1.54, 1.807) is 6.92 Å². The van der Waals surface area contributed by atoms with E-state index in [9.17, 15) is 4.79 Å². The highest BCUT2D eigenvalue weighted by atomic mass is 79.9. The van der Waals surface area contributed by atoms with E-state index in [0.717, 1.165) is 42.6 Å². The lowest BCUT2D eigenvalue weighted by Crippen LogP contribution is -2.55. The minimum Gasteiger partial charge on any atom is -0.298 e. The average molecular weight is 414 g/mol. The van der Waals surface area contributed by atoms with Crippen molar-refractivity contribution < 1.29 is 4.79 Å². The van der Waals surface area contributed by atoms with Crippen molar-refractivity contribution in [1.82, 2.24) is 14.8 Å². The maximum Gasteiger partial charge on any atom is 0.148 e. The van der Waals surface area contributed by atoms with Crippen LogP contribution in [0.4, 0.5) is 0 Å². The number of ketones is 1. The molecule has 1 aromatic carbocycles. The number of pyridine rings is 1. The van der Waals surface area contributed by atoms with Gasteiger partial charge in [0, 0.05) is 30.3 Å². The molecule has 0 unspecified atom stereocenters. The van der Waals surface area contributed by atoms with Crippen LogP contribution in [0.1, 0.15) is 35.3 Å². The molecule has 4 rings (SSSR count). The minimum atomic E-state index is -0.0435. The van der Waals surface area contributed by atoms with Gasteiger partial charge in [0.1, 0.15) is 5.78 Å². The Morgan fingerprint density at radius 3 is 2.77 bits per heavy atom. The Bertz CT molecular complexity index is 838. The molecule has 1 aromatic heterocycles. The Labute approximate surface area is 163 Å². The standard InChI is InChI=1S/C21H24BrN3O/c1-14(26)19-13-25(10-9-24(19)2)21-18-6-4-3-5-15(18)7-8-16-11-17(22)12-23-20(16)21/h3-6,11-12,19,21H,7-10,13H2,1-2H3/t19-,21-/m1/s1. The molecule has 2 aliphatic rings. The molecule has 1 saturated heterocycles. The summed E-state index contributed by atoms with van der Waals surface area (Å²) in [5, 5.41) is 0. The quantitative estimate of drug-likeness (QED) is 0.756. The molecule has 0 spiro atoms. The van der Waals surface area contributed by atoms with Crippen LogP contribution >= 0.6 is 15.9 Å². The number of hydrogen-bond acceptors (Lipinski definition) is 4. The van der Waals surface area contributed by atoms with Gasteiger partial charge in [0.05, 0.1) is 17.8 Å². The van der Waals surface area contributed by atoms with Crippen molar-refractivity contribution in [3.05, 3.63) is 63.4 Å². The van der Waals surface area contributed by atoms with Gasteiger partial charge in [0.25, 0.3) is 0 Å². The van der Waals surface area contributed by atoms with Gasteiger partial charge in [-0.3, -0.25) is 19.6 Å². The maximum atomic E-state index is 12.2. The van der Waals surface area contributed by atoms with Crippen molar-refractivity contribution in [2.24, 2.45) is 0 Å². The largest absolute Gasteiger partial charge is 0.298 e. The number of halogens is 1. The molecule has 4 nitrogen and oxygen atoms in total. The zero-order valence-corrected chi connectivity index (χ0v) is 16.9. The smallest absolute Gasteiger partial charge is 0.148 e. The molecule has 136 valence electrons. The summed E-state index contributed by atoms with van der Waals surface area (Å²) < 4.78 is 1.03. The lowest BCUT2D eigenvalue weighted by atomic mass is 9.95. The Balaban J connectivity index is 1.80. The fourth-order valence-corrected chi connectivity index (χ4v) is 4.70. The average Bonchev–Trinajstić information content (AvgIpc) is 2.79. The Hall–Kier alpha value is -1.56. The number of rotatable bonds is 2. The van der Waals surface area contributed by atoms with Gasteiger partial charge in [0.2, 0.25) is 0 Å². The normalized spacial score (nSPS) is 23.8. The highest BCUT2D eigenvalue weighted by Crippen LogP contribution is 2.37. The molecular formula is C21H24BrN3O. The van der Waals surface area contributed by atoms with Gasteiger partial charge in [-0.15, -0.1) is 0 Å². The van der Waals surface area contributed by atoms with Crippen molar-refractivity contribution in [3.63, 3.8) is 0 Å². The van der Waals surface area contributed by atoms with Gasteiger partial charge in [-0.2, -0.15) is 0 Å². The summed E-state index contributed by atoms with van der Waals surface area (Å²) in [7, 11) is 2.05. The molecule has 2 heterocycles. The molecule has 2 atom stereocenters. The molecule has 0 saturated carbocycles. The molecule has 0 bridgehead atoms. The van der Waals surface area contributed by atoms with Crippen LogP contribution in [0.5, 0.6) is 0 Å². The molecule has 1 fully saturated rings. The number of likely N-dealkylation sites (N-methyl/N-ethyl adjacent to an activating group) is 1.